The van der Waals surface area contributed by atoms with Gasteiger partial charge in [0.15, 0.2) is 5.78 Å². The number of hydrogen-bond acceptors (Lipinski definition) is 6. The Balaban J connectivity index is 1.62. The van der Waals surface area contributed by atoms with Crippen molar-refractivity contribution in [3.8, 4) is 5.75 Å². The van der Waals surface area contributed by atoms with Crippen molar-refractivity contribution in [2.75, 3.05) is 45.2 Å². The van der Waals surface area contributed by atoms with Crippen LogP contribution >= 0.6 is 0 Å². The number of nitrogens with zero attached hydrogens (tertiary/aromatic N) is 4. The van der Waals surface area contributed by atoms with E-state index < -0.39 is 0 Å². The fourth-order valence-electron chi connectivity index (χ4n) is 4.02. The molecule has 0 unspecified atom stereocenters. The van der Waals surface area contributed by atoms with E-state index in [1.165, 1.54) is 0 Å². The highest BCUT2D eigenvalue weighted by Crippen LogP contribution is 2.34. The van der Waals surface area contributed by atoms with E-state index in [0.29, 0.717) is 6.42 Å². The molecule has 1 aliphatic heterocycles. The van der Waals surface area contributed by atoms with E-state index >= 15 is 0 Å². The highest BCUT2D eigenvalue weighted by Gasteiger charge is 2.31. The van der Waals surface area contributed by atoms with E-state index in [1.54, 1.807) is 7.11 Å². The average molecular weight is 366 g/mol. The second kappa shape index (κ2) is 7.27. The highest BCUT2D eigenvalue weighted by atomic mass is 16.5. The molecule has 27 heavy (non-hydrogen) atoms. The third kappa shape index (κ3) is 3.54. The van der Waals surface area contributed by atoms with Crippen molar-refractivity contribution in [1.29, 1.82) is 0 Å². The first-order valence-electron chi connectivity index (χ1n) is 9.53. The minimum atomic E-state index is 0.152. The van der Waals surface area contributed by atoms with Gasteiger partial charge in [-0.15, -0.1) is 0 Å². The summed E-state index contributed by atoms with van der Waals surface area (Å²) in [6, 6.07) is 8.01. The van der Waals surface area contributed by atoms with Gasteiger partial charge in [0.1, 0.15) is 5.75 Å². The molecule has 1 atom stereocenters. The number of piperazine rings is 1. The van der Waals surface area contributed by atoms with E-state index in [0.717, 1.165) is 66.8 Å². The molecular weight excluding hydrogens is 340 g/mol. The summed E-state index contributed by atoms with van der Waals surface area (Å²) in [6.07, 6.45) is 1.29. The molecule has 1 fully saturated rings. The lowest BCUT2D eigenvalue weighted by molar-refractivity contribution is 0.0962. The predicted molar refractivity (Wildman–Crippen MR) is 105 cm³/mol. The number of carbonyl (C=O) groups is 1. The van der Waals surface area contributed by atoms with Gasteiger partial charge in [0.05, 0.1) is 24.1 Å². The van der Waals surface area contributed by atoms with Gasteiger partial charge in [-0.05, 0) is 44.0 Å². The number of aryl methyl sites for hydroxylation is 1. The van der Waals surface area contributed by atoms with Crippen LogP contribution in [0.5, 0.6) is 5.75 Å². The Morgan fingerprint density at radius 3 is 2.41 bits per heavy atom. The number of carbonyl (C=O) groups excluding carboxylic acids is 1. The zero-order valence-electron chi connectivity index (χ0n) is 16.2. The molecule has 0 N–H and O–H groups in total. The first-order valence-corrected chi connectivity index (χ1v) is 9.53. The molecule has 142 valence electrons. The Labute approximate surface area is 160 Å². The zero-order valence-corrected chi connectivity index (χ0v) is 16.2. The summed E-state index contributed by atoms with van der Waals surface area (Å²) in [5.41, 5.74) is 3.60. The van der Waals surface area contributed by atoms with E-state index in [4.69, 9.17) is 9.72 Å². The topological polar surface area (TPSA) is 58.6 Å². The summed E-state index contributed by atoms with van der Waals surface area (Å²) in [5, 5.41) is 0. The van der Waals surface area contributed by atoms with E-state index in [-0.39, 0.29) is 11.7 Å². The third-order valence-corrected chi connectivity index (χ3v) is 5.68. The van der Waals surface area contributed by atoms with Crippen LogP contribution in [0.1, 0.15) is 39.6 Å². The molecule has 0 amide bonds. The molecule has 6 heteroatoms. The molecule has 0 bridgehead atoms. The maximum Gasteiger partial charge on any atom is 0.225 e. The maximum atomic E-state index is 12.8. The minimum Gasteiger partial charge on any atom is -0.497 e. The molecule has 1 aliphatic carbocycles. The summed E-state index contributed by atoms with van der Waals surface area (Å²) in [5.74, 6) is 1.91. The smallest absolute Gasteiger partial charge is 0.225 e. The molecule has 6 nitrogen and oxygen atoms in total. The first-order chi connectivity index (χ1) is 13.0. The van der Waals surface area contributed by atoms with Crippen LogP contribution in [0.3, 0.4) is 0 Å². The predicted octanol–water partition coefficient (Wildman–Crippen LogP) is 2.46. The molecule has 2 heterocycles. The molecule has 1 aromatic heterocycles. The van der Waals surface area contributed by atoms with Crippen molar-refractivity contribution >= 4 is 11.7 Å². The van der Waals surface area contributed by atoms with Crippen molar-refractivity contribution in [2.45, 2.75) is 25.7 Å². The van der Waals surface area contributed by atoms with Gasteiger partial charge in [-0.2, -0.15) is 0 Å². The molecule has 0 saturated carbocycles. The lowest BCUT2D eigenvalue weighted by Gasteiger charge is -2.33. The number of ether oxygens (including phenoxy) is 1. The number of aromatic nitrogens is 2. The largest absolute Gasteiger partial charge is 0.497 e. The number of rotatable bonds is 3. The van der Waals surface area contributed by atoms with Gasteiger partial charge in [-0.25, -0.2) is 9.97 Å². The fourth-order valence-corrected chi connectivity index (χ4v) is 4.02. The first kappa shape index (κ1) is 17.9. The van der Waals surface area contributed by atoms with Crippen LogP contribution in [0, 0.1) is 6.92 Å². The van der Waals surface area contributed by atoms with Crippen molar-refractivity contribution in [1.82, 2.24) is 14.9 Å². The normalized spacial score (nSPS) is 20.5. The van der Waals surface area contributed by atoms with E-state index in [1.807, 2.05) is 19.1 Å². The molecular formula is C21H26N4O2. The SMILES string of the molecule is COc1ccc([C@H]2CC(=O)c3c(C)nc(N4CCN(C)CC4)nc3C2)cc1. The monoisotopic (exact) mass is 366 g/mol. The molecule has 2 aliphatic rings. The number of hydrogen-bond donors (Lipinski definition) is 0. The Morgan fingerprint density at radius 1 is 1.04 bits per heavy atom. The van der Waals surface area contributed by atoms with E-state index in [2.05, 4.69) is 34.0 Å². The van der Waals surface area contributed by atoms with Crippen LogP contribution in [-0.2, 0) is 6.42 Å². The number of benzene rings is 1. The summed E-state index contributed by atoms with van der Waals surface area (Å²) in [6.45, 7) is 5.79. The Morgan fingerprint density at radius 2 is 1.74 bits per heavy atom. The van der Waals surface area contributed by atoms with Crippen LogP contribution < -0.4 is 9.64 Å². The lowest BCUT2D eigenvalue weighted by atomic mass is 9.81. The molecule has 4 rings (SSSR count). The highest BCUT2D eigenvalue weighted by molar-refractivity contribution is 5.99. The zero-order chi connectivity index (χ0) is 19.0. The van der Waals surface area contributed by atoms with Gasteiger partial charge in [-0.3, -0.25) is 4.79 Å². The Kier molecular flexibility index (Phi) is 4.83. The van der Waals surface area contributed by atoms with Gasteiger partial charge < -0.3 is 14.5 Å². The van der Waals surface area contributed by atoms with Crippen molar-refractivity contribution in [3.05, 3.63) is 46.8 Å². The number of anilines is 1. The Hall–Kier alpha value is -2.47. The summed E-state index contributed by atoms with van der Waals surface area (Å²) in [4.78, 5) is 26.9. The van der Waals surface area contributed by atoms with Crippen LogP contribution in [0.4, 0.5) is 5.95 Å². The summed E-state index contributed by atoms with van der Waals surface area (Å²) in [7, 11) is 3.80. The molecule has 1 saturated heterocycles. The molecule has 0 spiro atoms. The standard InChI is InChI=1S/C21H26N4O2/c1-14-20-18(23-21(22-14)25-10-8-24(2)9-11-25)12-16(13-19(20)26)15-4-6-17(27-3)7-5-15/h4-7,16H,8-13H2,1-3H3/t16-/m1/s1. The van der Waals surface area contributed by atoms with Gasteiger partial charge in [0, 0.05) is 32.6 Å². The van der Waals surface area contributed by atoms with Crippen molar-refractivity contribution < 1.29 is 9.53 Å². The third-order valence-electron chi connectivity index (χ3n) is 5.68. The van der Waals surface area contributed by atoms with Crippen LogP contribution in [0.25, 0.3) is 0 Å². The second-order valence-electron chi connectivity index (χ2n) is 7.52. The average Bonchev–Trinajstić information content (AvgIpc) is 2.68. The second-order valence-corrected chi connectivity index (χ2v) is 7.52. The van der Waals surface area contributed by atoms with Gasteiger partial charge in [-0.1, -0.05) is 12.1 Å². The van der Waals surface area contributed by atoms with Gasteiger partial charge in [0.2, 0.25) is 5.95 Å². The minimum absolute atomic E-state index is 0.152. The molecule has 1 aromatic carbocycles. The lowest BCUT2D eigenvalue weighted by Crippen LogP contribution is -2.45. The fraction of sp³-hybridized carbons (Fsp3) is 0.476. The number of Topliss-reactive ketones (excluding diaryl/α,β-unsaturated/α-hetero) is 1. The van der Waals surface area contributed by atoms with Gasteiger partial charge in [0.25, 0.3) is 0 Å². The van der Waals surface area contributed by atoms with Crippen LogP contribution in [0.2, 0.25) is 0 Å². The van der Waals surface area contributed by atoms with Crippen molar-refractivity contribution in [2.24, 2.45) is 0 Å². The number of ketones is 1. The van der Waals surface area contributed by atoms with Crippen LogP contribution in [0.15, 0.2) is 24.3 Å². The quantitative estimate of drug-likeness (QED) is 0.832. The number of methoxy groups -OCH3 is 1. The molecule has 0 radical (unpaired) electrons. The maximum absolute atomic E-state index is 12.8. The van der Waals surface area contributed by atoms with Crippen LogP contribution in [-0.4, -0.2) is 61.0 Å². The molecule has 2 aromatic rings. The number of fused-ring (bicyclic) bond motifs is 1. The van der Waals surface area contributed by atoms with Gasteiger partial charge >= 0.3 is 0 Å². The number of likely N-dealkylation sites (N-methyl/N-ethyl adjacent to an activating group) is 1. The summed E-state index contributed by atoms with van der Waals surface area (Å²) < 4.78 is 5.24. The summed E-state index contributed by atoms with van der Waals surface area (Å²) >= 11 is 0. The van der Waals surface area contributed by atoms with E-state index in [9.17, 15) is 4.79 Å². The Bertz CT molecular complexity index is 842. The van der Waals surface area contributed by atoms with Crippen molar-refractivity contribution in [3.63, 3.8) is 0 Å².